The summed E-state index contributed by atoms with van der Waals surface area (Å²) in [6.07, 6.45) is 52.4. The molecule has 26 heteroatoms. The van der Waals surface area contributed by atoms with Gasteiger partial charge in [0, 0.05) is 103 Å². The molecule has 0 aromatic heterocycles. The maximum atomic E-state index is 13.1. The maximum absolute atomic E-state index is 13.1. The van der Waals surface area contributed by atoms with Crippen molar-refractivity contribution in [2.24, 2.45) is 0 Å². The number of rotatable bonds is 79. The number of unbranched alkanes of at least 4 members (excludes halogenated alkanes) is 31. The summed E-state index contributed by atoms with van der Waals surface area (Å²) in [4.78, 5) is 83.0. The highest BCUT2D eigenvalue weighted by Gasteiger charge is 2.44. The van der Waals surface area contributed by atoms with E-state index in [0.29, 0.717) is 70.2 Å². The fourth-order valence-electron chi connectivity index (χ4n) is 15.2. The first kappa shape index (κ1) is 114. The normalized spacial score (nSPS) is 15.7. The Morgan fingerprint density at radius 3 is 1.03 bits per heavy atom. The fourth-order valence-corrected chi connectivity index (χ4v) is 33.1. The van der Waals surface area contributed by atoms with Crippen molar-refractivity contribution in [3.05, 3.63) is 12.2 Å². The summed E-state index contributed by atoms with van der Waals surface area (Å²) >= 11 is 0. The van der Waals surface area contributed by atoms with Crippen LogP contribution in [-0.2, 0) is 59.9 Å². The van der Waals surface area contributed by atoms with Gasteiger partial charge in [0.1, 0.15) is 32.0 Å². The minimum atomic E-state index is -2.39. The highest BCUT2D eigenvalue weighted by atomic mass is 28.5. The van der Waals surface area contributed by atoms with E-state index < -0.39 is 39.9 Å². The third-order valence-electron chi connectivity index (χ3n) is 22.1. The molecule has 3 rings (SSSR count). The molecule has 119 heavy (non-hydrogen) atoms. The topological polar surface area (TPSA) is 240 Å². The number of esters is 3. The van der Waals surface area contributed by atoms with Crippen molar-refractivity contribution in [3.8, 4) is 0 Å². The molecule has 0 aliphatic carbocycles. The third-order valence-corrected chi connectivity index (χ3v) is 35.7. The molecular formula is C93H186N6O16Si4. The van der Waals surface area contributed by atoms with Gasteiger partial charge in [-0.25, -0.2) is 14.4 Å². The lowest BCUT2D eigenvalue weighted by Crippen LogP contribution is -2.56. The van der Waals surface area contributed by atoms with Crippen molar-refractivity contribution in [1.82, 2.24) is 30.7 Å². The number of nitrogens with one attached hydrogen (secondary N) is 3. The molecule has 0 saturated carbocycles. The summed E-state index contributed by atoms with van der Waals surface area (Å²) in [6.45, 7) is 42.9. The molecule has 0 bridgehead atoms. The third kappa shape index (κ3) is 72.4. The standard InChI is InChI=1S/C71H132N4O10.C21H50N2O6Si4.CH4/c1-6-9-12-15-16-17-18-19-20-21-22-23-30-35-42-49-67(76)81-60-66(83-69(78)51-44-37-32-27-25-29-34-41-48-65(46-39-14-11-8-3)85-71(80)73-55-53-63(5)75-58-59-75)61-82-68(77)50-43-36-31-26-24-28-33-40-47-64(45-38-13-10-7-2)84-70(79)72-54-52-62(4)74-56-57-74;1-20(23-14-15-23)12-13-22-21(24)26-18-17-25-16-11-19-33(10,28-31(5,6)7)29-32(8,9)27-30(2,3)4;/h17-18,62-66H,6-16,19-61H2,1-5H3,(H,72,79)(H,73,80);20H,11-19H2,1-10H3,(H,22,24);1H4/b18-17+;;. The second-order valence-electron chi connectivity index (χ2n) is 37.0. The van der Waals surface area contributed by atoms with Crippen molar-refractivity contribution < 1.29 is 74.3 Å². The van der Waals surface area contributed by atoms with Crippen LogP contribution in [0.15, 0.2) is 12.2 Å². The average molecular weight is 1760 g/mol. The molecule has 3 amide bonds. The summed E-state index contributed by atoms with van der Waals surface area (Å²) in [7, 11) is -8.12. The maximum Gasteiger partial charge on any atom is 0.407 e. The van der Waals surface area contributed by atoms with Crippen LogP contribution in [-0.4, -0.2) is 213 Å². The number of nitrogens with zero attached hydrogens (tertiary/aromatic N) is 3. The quantitative estimate of drug-likeness (QED) is 0.0128. The number of alkyl carbamates (subject to hydrolysis) is 3. The van der Waals surface area contributed by atoms with Crippen LogP contribution in [0, 0.1) is 0 Å². The minimum Gasteiger partial charge on any atom is -0.462 e. The molecule has 0 radical (unpaired) electrons. The minimum absolute atomic E-state index is 0. The zero-order valence-electron chi connectivity index (χ0n) is 78.5. The van der Waals surface area contributed by atoms with Gasteiger partial charge in [0.15, 0.2) is 22.7 Å². The SMILES string of the molecule is C.CC(CCNC(=O)OCCOCCC[Si](C)(O[Si](C)(C)C)O[Si](C)(C)O[Si](C)(C)C)N1CC1.CCCCCC/C=C/CCCCCCCCCC(=O)OCC(COC(=O)CCCCCCCCCCC(CCCCCC)OC(=O)NCCC(C)N1CC1)OC(=O)CCCCCCCCCCC(CCCCCC)OC(=O)NCCC(C)N1CC1. The molecule has 3 N–H and O–H groups in total. The smallest absolute Gasteiger partial charge is 0.407 e. The van der Waals surface area contributed by atoms with Gasteiger partial charge in [-0.2, -0.15) is 0 Å². The Balaban J connectivity index is 0.00000173. The predicted octanol–water partition coefficient (Wildman–Crippen LogP) is 23.5. The van der Waals surface area contributed by atoms with E-state index in [9.17, 15) is 28.8 Å². The van der Waals surface area contributed by atoms with Crippen LogP contribution in [0.3, 0.4) is 0 Å². The van der Waals surface area contributed by atoms with Crippen molar-refractivity contribution in [3.63, 3.8) is 0 Å². The van der Waals surface area contributed by atoms with E-state index in [1.807, 2.05) is 0 Å². The van der Waals surface area contributed by atoms with Crippen LogP contribution in [0.4, 0.5) is 14.4 Å². The van der Waals surface area contributed by atoms with Crippen LogP contribution in [0.1, 0.15) is 357 Å². The Hall–Kier alpha value is -3.45. The average Bonchev–Trinajstić information content (AvgIpc) is 1.82. The zero-order valence-corrected chi connectivity index (χ0v) is 82.5. The number of ether oxygens (including phenoxy) is 7. The molecule has 700 valence electrons. The van der Waals surface area contributed by atoms with Crippen molar-refractivity contribution >= 4 is 69.9 Å². The van der Waals surface area contributed by atoms with E-state index >= 15 is 0 Å². The van der Waals surface area contributed by atoms with Crippen LogP contribution >= 0.6 is 0 Å². The second-order valence-corrected chi connectivity index (χ2v) is 53.5. The lowest BCUT2D eigenvalue weighted by atomic mass is 10.0. The van der Waals surface area contributed by atoms with Gasteiger partial charge in [-0.1, -0.05) is 207 Å². The predicted molar refractivity (Wildman–Crippen MR) is 500 cm³/mol. The molecule has 3 aliphatic heterocycles. The molecule has 7 atom stereocenters. The van der Waals surface area contributed by atoms with Gasteiger partial charge in [0.2, 0.25) is 0 Å². The summed E-state index contributed by atoms with van der Waals surface area (Å²) in [5.41, 5.74) is 0. The van der Waals surface area contributed by atoms with Gasteiger partial charge in [0.25, 0.3) is 0 Å². The summed E-state index contributed by atoms with van der Waals surface area (Å²) in [6, 6.07) is 2.39. The zero-order chi connectivity index (χ0) is 86.8. The Bertz CT molecular complexity index is 2550. The van der Waals surface area contributed by atoms with Crippen LogP contribution < -0.4 is 16.0 Å². The highest BCUT2D eigenvalue weighted by Crippen LogP contribution is 2.29. The van der Waals surface area contributed by atoms with Crippen LogP contribution in [0.25, 0.3) is 0 Å². The molecule has 0 spiro atoms. The van der Waals surface area contributed by atoms with Crippen molar-refractivity contribution in [2.75, 3.05) is 91.9 Å². The van der Waals surface area contributed by atoms with Gasteiger partial charge >= 0.3 is 53.3 Å². The van der Waals surface area contributed by atoms with Gasteiger partial charge in [-0.15, -0.1) is 0 Å². The van der Waals surface area contributed by atoms with Gasteiger partial charge in [-0.3, -0.25) is 29.1 Å². The van der Waals surface area contributed by atoms with E-state index in [4.69, 9.17) is 45.5 Å². The Kier molecular flexibility index (Phi) is 68.4. The molecule has 0 aromatic rings. The number of hydrogen-bond donors (Lipinski definition) is 3. The summed E-state index contributed by atoms with van der Waals surface area (Å²) < 4.78 is 59.4. The van der Waals surface area contributed by atoms with Crippen LogP contribution in [0.5, 0.6) is 0 Å². The molecule has 3 fully saturated rings. The van der Waals surface area contributed by atoms with E-state index in [1.165, 1.54) is 142 Å². The monoisotopic (exact) mass is 1760 g/mol. The molecule has 7 unspecified atom stereocenters. The second kappa shape index (κ2) is 71.7. The van der Waals surface area contributed by atoms with Gasteiger partial charge in [0.05, 0.1) is 6.61 Å². The fraction of sp³-hybridized carbons (Fsp3) is 0.914. The largest absolute Gasteiger partial charge is 0.462 e. The summed E-state index contributed by atoms with van der Waals surface area (Å²) in [5, 5.41) is 8.78. The number of carbonyl (C=O) groups is 6. The highest BCUT2D eigenvalue weighted by molar-refractivity contribution is 6.89. The van der Waals surface area contributed by atoms with E-state index in [1.54, 1.807) is 0 Å². The number of allylic oxidation sites excluding steroid dienone is 2. The van der Waals surface area contributed by atoms with Crippen molar-refractivity contribution in [1.29, 1.82) is 0 Å². The first-order chi connectivity index (χ1) is 56.5. The van der Waals surface area contributed by atoms with Crippen molar-refractivity contribution in [2.45, 2.75) is 459 Å². The number of hydrogen-bond acceptors (Lipinski definition) is 19. The van der Waals surface area contributed by atoms with E-state index in [0.717, 1.165) is 186 Å². The number of amides is 3. The molecule has 22 nitrogen and oxygen atoms in total. The Morgan fingerprint density at radius 2 is 0.664 bits per heavy atom. The van der Waals surface area contributed by atoms with Crippen LogP contribution in [0.2, 0.25) is 65.0 Å². The first-order valence-corrected chi connectivity index (χ1v) is 60.6. The van der Waals surface area contributed by atoms with Gasteiger partial charge in [-0.05, 0) is 208 Å². The lowest BCUT2D eigenvalue weighted by Gasteiger charge is -2.41. The molecule has 3 aliphatic rings. The Labute approximate surface area is 733 Å². The Morgan fingerprint density at radius 1 is 0.336 bits per heavy atom. The lowest BCUT2D eigenvalue weighted by molar-refractivity contribution is -0.167. The molecular weight excluding hydrogens is 1570 g/mol. The first-order valence-electron chi connectivity index (χ1n) is 48.4. The van der Waals surface area contributed by atoms with E-state index in [-0.39, 0.29) is 82.1 Å². The molecule has 0 aromatic carbocycles. The molecule has 3 heterocycles. The van der Waals surface area contributed by atoms with Gasteiger partial charge < -0.3 is 61.5 Å². The molecule has 3 saturated heterocycles. The van der Waals surface area contributed by atoms with E-state index in [2.05, 4.69) is 143 Å². The summed E-state index contributed by atoms with van der Waals surface area (Å²) in [5.74, 6) is -0.996. The number of carbonyl (C=O) groups excluding carboxylic acids is 6.